The van der Waals surface area contributed by atoms with Crippen molar-refractivity contribution < 1.29 is 19.7 Å². The van der Waals surface area contributed by atoms with Crippen LogP contribution >= 0.6 is 0 Å². The molecule has 0 fully saturated rings. The molecule has 4 nitrogen and oxygen atoms in total. The first-order chi connectivity index (χ1) is 19.9. The average Bonchev–Trinajstić information content (AvgIpc) is 2.92. The van der Waals surface area contributed by atoms with Gasteiger partial charge in [0.1, 0.15) is 5.75 Å². The van der Waals surface area contributed by atoms with Crippen molar-refractivity contribution in [2.75, 3.05) is 7.11 Å². The van der Waals surface area contributed by atoms with Crippen molar-refractivity contribution in [1.29, 1.82) is 0 Å². The van der Waals surface area contributed by atoms with Crippen LogP contribution in [0.15, 0.2) is 82.0 Å². The quantitative estimate of drug-likeness (QED) is 0.167. The lowest BCUT2D eigenvalue weighted by atomic mass is 10.0. The molecule has 0 spiro atoms. The van der Waals surface area contributed by atoms with Crippen molar-refractivity contribution >= 4 is 5.97 Å². The lowest BCUT2D eigenvalue weighted by Gasteiger charge is -2.18. The Balaban J connectivity index is 2.40. The van der Waals surface area contributed by atoms with Gasteiger partial charge in [-0.15, -0.1) is 0 Å². The minimum Gasteiger partial charge on any atom is -0.870 e. The first-order valence-electron chi connectivity index (χ1n) is 15.5. The van der Waals surface area contributed by atoms with E-state index in [9.17, 15) is 15.0 Å². The maximum atomic E-state index is 12.5. The standard InChI is InChI=1S/C38H56O4/c1-28(2)14-9-15-29(3)16-10-17-30(4)18-11-19-31(5)20-12-21-32(6)22-13-23-33(7)24-25-34-26-35(38(40)41)27-36(42-8)37(34)39/h14,16,18,20,22,24,26-27,39H,9-13,15,17,19,21,23,25H2,1-8H3,(H,40,41)/p-1/b29-16+,30-18+,31-20+,32-22+,33-24+. The Hall–Kier alpha value is -3.27. The highest BCUT2D eigenvalue weighted by Gasteiger charge is 2.09. The minimum absolute atomic E-state index is 0.0711. The molecule has 0 amide bonds. The molecule has 0 aromatic heterocycles. The van der Waals surface area contributed by atoms with Gasteiger partial charge in [0.15, 0.2) is 0 Å². The fourth-order valence-electron chi connectivity index (χ4n) is 4.65. The highest BCUT2D eigenvalue weighted by atomic mass is 16.5. The summed E-state index contributed by atoms with van der Waals surface area (Å²) in [7, 11) is 1.38. The Bertz CT molecular complexity index is 1180. The average molecular weight is 576 g/mol. The van der Waals surface area contributed by atoms with Gasteiger partial charge in [0.05, 0.1) is 12.7 Å². The highest BCUT2D eigenvalue weighted by Crippen LogP contribution is 2.30. The second-order valence-corrected chi connectivity index (χ2v) is 11.9. The van der Waals surface area contributed by atoms with Gasteiger partial charge < -0.3 is 14.9 Å². The summed E-state index contributed by atoms with van der Waals surface area (Å²) in [5, 5.41) is 21.8. The maximum Gasteiger partial charge on any atom is 0.335 e. The number of carboxylic acids is 1. The monoisotopic (exact) mass is 575 g/mol. The third-order valence-electron chi connectivity index (χ3n) is 7.49. The Morgan fingerprint density at radius 3 is 1.40 bits per heavy atom. The largest absolute Gasteiger partial charge is 0.870 e. The highest BCUT2D eigenvalue weighted by molar-refractivity contribution is 5.89. The summed E-state index contributed by atoms with van der Waals surface area (Å²) < 4.78 is 5.07. The van der Waals surface area contributed by atoms with Crippen molar-refractivity contribution in [3.05, 3.63) is 93.2 Å². The molecule has 0 radical (unpaired) electrons. The topological polar surface area (TPSA) is 69.6 Å². The van der Waals surface area contributed by atoms with E-state index in [1.165, 1.54) is 52.7 Å². The van der Waals surface area contributed by atoms with E-state index in [4.69, 9.17) is 4.74 Å². The predicted molar refractivity (Wildman–Crippen MR) is 177 cm³/mol. The van der Waals surface area contributed by atoms with Crippen LogP contribution in [0.5, 0.6) is 11.5 Å². The molecule has 0 saturated carbocycles. The number of benzene rings is 1. The lowest BCUT2D eigenvalue weighted by molar-refractivity contribution is -0.271. The zero-order valence-corrected chi connectivity index (χ0v) is 27.6. The van der Waals surface area contributed by atoms with Crippen LogP contribution in [0.3, 0.4) is 0 Å². The van der Waals surface area contributed by atoms with E-state index in [1.807, 2.05) is 6.08 Å². The van der Waals surface area contributed by atoms with Crippen molar-refractivity contribution in [3.63, 3.8) is 0 Å². The third-order valence-corrected chi connectivity index (χ3v) is 7.49. The number of rotatable bonds is 19. The molecule has 1 aromatic rings. The van der Waals surface area contributed by atoms with Crippen LogP contribution in [-0.2, 0) is 6.42 Å². The van der Waals surface area contributed by atoms with Crippen LogP contribution in [0, 0.1) is 0 Å². The summed E-state index contributed by atoms with van der Waals surface area (Å²) in [6.07, 6.45) is 25.0. The van der Waals surface area contributed by atoms with Gasteiger partial charge in [0.25, 0.3) is 0 Å². The van der Waals surface area contributed by atoms with E-state index in [0.29, 0.717) is 12.0 Å². The molecule has 1 N–H and O–H groups in total. The molecule has 42 heavy (non-hydrogen) atoms. The summed E-state index contributed by atoms with van der Waals surface area (Å²) in [4.78, 5) is 11.4. The van der Waals surface area contributed by atoms with E-state index < -0.39 is 5.97 Å². The van der Waals surface area contributed by atoms with Crippen molar-refractivity contribution in [2.24, 2.45) is 0 Å². The van der Waals surface area contributed by atoms with Crippen molar-refractivity contribution in [1.82, 2.24) is 0 Å². The lowest BCUT2D eigenvalue weighted by Crippen LogP contribution is -2.05. The van der Waals surface area contributed by atoms with Crippen LogP contribution in [0.1, 0.15) is 129 Å². The molecule has 0 bridgehead atoms. The number of allylic oxidation sites excluding steroid dienone is 12. The van der Waals surface area contributed by atoms with Crippen LogP contribution in [0.4, 0.5) is 0 Å². The summed E-state index contributed by atoms with van der Waals surface area (Å²) in [6.45, 7) is 15.3. The Labute approximate surface area is 256 Å². The van der Waals surface area contributed by atoms with Crippen LogP contribution in [-0.4, -0.2) is 18.2 Å². The molecular weight excluding hydrogens is 520 g/mol. The van der Waals surface area contributed by atoms with Crippen molar-refractivity contribution in [3.8, 4) is 11.5 Å². The van der Waals surface area contributed by atoms with Crippen LogP contribution < -0.4 is 9.84 Å². The SMILES string of the molecule is COc1cc(C(=O)O)cc(C/C=C(\C)CC/C=C(\C)CC/C=C(\C)CC/C=C(\C)CC/C=C(\C)CCC=C(C)C)c1[O-]. The predicted octanol–water partition coefficient (Wildman–Crippen LogP) is 10.6. The molecule has 4 heteroatoms. The zero-order valence-electron chi connectivity index (χ0n) is 27.6. The molecule has 1 aromatic carbocycles. The van der Waals surface area contributed by atoms with Gasteiger partial charge in [0, 0.05) is 0 Å². The number of carbonyl (C=O) groups is 1. The first-order valence-corrected chi connectivity index (χ1v) is 15.5. The summed E-state index contributed by atoms with van der Waals surface area (Å²) in [5.74, 6) is -1.24. The van der Waals surface area contributed by atoms with Gasteiger partial charge in [-0.1, -0.05) is 75.6 Å². The molecule has 0 saturated heterocycles. The Morgan fingerprint density at radius 2 is 1.05 bits per heavy atom. The second kappa shape index (κ2) is 20.6. The fraction of sp³-hybridized carbons (Fsp3) is 0.500. The van der Waals surface area contributed by atoms with Gasteiger partial charge in [-0.3, -0.25) is 0 Å². The van der Waals surface area contributed by atoms with Gasteiger partial charge in [0.2, 0.25) is 0 Å². The van der Waals surface area contributed by atoms with E-state index in [1.54, 1.807) is 0 Å². The molecule has 0 atom stereocenters. The maximum absolute atomic E-state index is 12.5. The number of hydrogen-bond donors (Lipinski definition) is 1. The number of hydrogen-bond acceptors (Lipinski definition) is 3. The molecule has 0 unspecified atom stereocenters. The van der Waals surface area contributed by atoms with Gasteiger partial charge in [-0.2, -0.15) is 0 Å². The van der Waals surface area contributed by atoms with Gasteiger partial charge >= 0.3 is 5.97 Å². The normalized spacial score (nSPS) is 13.4. The molecule has 1 rings (SSSR count). The molecule has 0 aliphatic carbocycles. The summed E-state index contributed by atoms with van der Waals surface area (Å²) in [6, 6.07) is 2.73. The van der Waals surface area contributed by atoms with Crippen molar-refractivity contribution in [2.45, 2.75) is 119 Å². The fourth-order valence-corrected chi connectivity index (χ4v) is 4.65. The Morgan fingerprint density at radius 1 is 0.667 bits per heavy atom. The zero-order chi connectivity index (χ0) is 31.5. The van der Waals surface area contributed by atoms with E-state index in [2.05, 4.69) is 78.8 Å². The van der Waals surface area contributed by atoms with E-state index in [0.717, 1.165) is 64.2 Å². The smallest absolute Gasteiger partial charge is 0.335 e. The molecule has 0 heterocycles. The molecule has 0 aliphatic rings. The summed E-state index contributed by atoms with van der Waals surface area (Å²) in [5.41, 5.74) is 8.94. The van der Waals surface area contributed by atoms with Gasteiger partial charge in [-0.05, 0) is 137 Å². The van der Waals surface area contributed by atoms with E-state index >= 15 is 0 Å². The van der Waals surface area contributed by atoms with Crippen LogP contribution in [0.2, 0.25) is 0 Å². The molecule has 232 valence electrons. The third kappa shape index (κ3) is 16.2. The van der Waals surface area contributed by atoms with Crippen LogP contribution in [0.25, 0.3) is 0 Å². The van der Waals surface area contributed by atoms with E-state index in [-0.39, 0.29) is 17.1 Å². The number of aromatic carboxylic acids is 1. The summed E-state index contributed by atoms with van der Waals surface area (Å²) >= 11 is 0. The molecular formula is C38H55O4-. The Kier molecular flexibility index (Phi) is 18.0. The first kappa shape index (κ1) is 36.8. The number of ether oxygens (including phenoxy) is 1. The minimum atomic E-state index is -1.07. The number of methoxy groups -OCH3 is 1. The molecule has 0 aliphatic heterocycles. The number of carboxylic acid groups (broad SMARTS) is 1. The second-order valence-electron chi connectivity index (χ2n) is 11.9. The van der Waals surface area contributed by atoms with Gasteiger partial charge in [-0.25, -0.2) is 4.79 Å².